The number of carbonyl (C=O) groups is 1. The van der Waals surface area contributed by atoms with Gasteiger partial charge in [0.1, 0.15) is 6.61 Å². The highest BCUT2D eigenvalue weighted by atomic mass is 35.5. The highest BCUT2D eigenvalue weighted by Crippen LogP contribution is 2.36. The molecule has 0 fully saturated rings. The molecule has 0 saturated carbocycles. The van der Waals surface area contributed by atoms with Crippen molar-refractivity contribution in [1.29, 1.82) is 0 Å². The number of para-hydroxylation sites is 1. The van der Waals surface area contributed by atoms with E-state index in [1.807, 2.05) is 25.1 Å². The molecule has 3 aromatic carbocycles. The van der Waals surface area contributed by atoms with Crippen LogP contribution in [0.2, 0.25) is 10.0 Å². The van der Waals surface area contributed by atoms with E-state index < -0.39 is 16.0 Å². The van der Waals surface area contributed by atoms with Crippen LogP contribution in [0.1, 0.15) is 28.4 Å². The lowest BCUT2D eigenvalue weighted by Crippen LogP contribution is -2.35. The number of ether oxygens (including phenoxy) is 1. The molecular weight excluding hydrogens is 457 g/mol. The fourth-order valence-corrected chi connectivity index (χ4v) is 5.72. The van der Waals surface area contributed by atoms with Crippen molar-refractivity contribution in [3.05, 3.63) is 93.5 Å². The van der Waals surface area contributed by atoms with Crippen LogP contribution in [0.15, 0.2) is 71.6 Å². The zero-order chi connectivity index (χ0) is 22.2. The van der Waals surface area contributed by atoms with E-state index in [9.17, 15) is 13.2 Å². The Morgan fingerprint density at radius 1 is 1.03 bits per heavy atom. The number of sulfonamides is 1. The number of hydrogen-bond acceptors (Lipinski definition) is 4. The van der Waals surface area contributed by atoms with Gasteiger partial charge in [0.25, 0.3) is 10.0 Å². The van der Waals surface area contributed by atoms with E-state index in [0.29, 0.717) is 27.7 Å². The van der Waals surface area contributed by atoms with Crippen LogP contribution in [0.5, 0.6) is 0 Å². The van der Waals surface area contributed by atoms with Gasteiger partial charge in [-0.05, 0) is 60.9 Å². The first-order chi connectivity index (χ1) is 14.8. The number of rotatable bonds is 5. The molecule has 5 nitrogen and oxygen atoms in total. The second kappa shape index (κ2) is 8.54. The fraction of sp³-hybridized carbons (Fsp3) is 0.174. The first kappa shape index (κ1) is 21.7. The minimum atomic E-state index is -3.84. The van der Waals surface area contributed by atoms with Crippen molar-refractivity contribution in [2.45, 2.75) is 30.9 Å². The maximum absolute atomic E-state index is 13.4. The summed E-state index contributed by atoms with van der Waals surface area (Å²) in [4.78, 5) is 12.6. The number of anilines is 1. The SMILES string of the molecule is CC1Cc2ccccc2N1S(=O)(=O)c1cccc(C(=O)OCc2ccc(Cl)c(Cl)c2)c1. The Morgan fingerprint density at radius 3 is 2.58 bits per heavy atom. The quantitative estimate of drug-likeness (QED) is 0.457. The molecule has 0 amide bonds. The summed E-state index contributed by atoms with van der Waals surface area (Å²) in [5.74, 6) is -0.627. The van der Waals surface area contributed by atoms with Crippen molar-refractivity contribution in [3.63, 3.8) is 0 Å². The summed E-state index contributed by atoms with van der Waals surface area (Å²) < 4.78 is 33.5. The Labute approximate surface area is 191 Å². The summed E-state index contributed by atoms with van der Waals surface area (Å²) in [6.07, 6.45) is 0.640. The van der Waals surface area contributed by atoms with Crippen molar-refractivity contribution < 1.29 is 17.9 Å². The molecule has 0 N–H and O–H groups in total. The second-order valence-corrected chi connectivity index (χ2v) is 9.96. The van der Waals surface area contributed by atoms with Gasteiger partial charge >= 0.3 is 5.97 Å². The number of nitrogens with zero attached hydrogens (tertiary/aromatic N) is 1. The smallest absolute Gasteiger partial charge is 0.338 e. The topological polar surface area (TPSA) is 63.7 Å². The summed E-state index contributed by atoms with van der Waals surface area (Å²) >= 11 is 11.9. The number of fused-ring (bicyclic) bond motifs is 1. The third kappa shape index (κ3) is 4.28. The van der Waals surface area contributed by atoms with Gasteiger partial charge in [-0.2, -0.15) is 0 Å². The molecule has 0 aromatic heterocycles. The van der Waals surface area contributed by atoms with Crippen molar-refractivity contribution >= 4 is 44.9 Å². The number of esters is 1. The van der Waals surface area contributed by atoms with Gasteiger partial charge in [-0.25, -0.2) is 13.2 Å². The Hall–Kier alpha value is -2.54. The van der Waals surface area contributed by atoms with Crippen LogP contribution < -0.4 is 4.31 Å². The van der Waals surface area contributed by atoms with Crippen LogP contribution in [-0.2, 0) is 27.8 Å². The van der Waals surface area contributed by atoms with Gasteiger partial charge < -0.3 is 4.74 Å². The van der Waals surface area contributed by atoms with Gasteiger partial charge in [0.15, 0.2) is 0 Å². The Bertz CT molecular complexity index is 1260. The number of halogens is 2. The third-order valence-corrected chi connectivity index (χ3v) is 7.79. The normalized spacial score (nSPS) is 15.6. The van der Waals surface area contributed by atoms with Crippen molar-refractivity contribution in [1.82, 2.24) is 0 Å². The van der Waals surface area contributed by atoms with Gasteiger partial charge in [-0.3, -0.25) is 4.31 Å². The molecule has 0 radical (unpaired) electrons. The minimum Gasteiger partial charge on any atom is -0.457 e. The molecule has 0 saturated heterocycles. The van der Waals surface area contributed by atoms with Crippen LogP contribution in [0, 0.1) is 0 Å². The monoisotopic (exact) mass is 475 g/mol. The molecule has 1 aliphatic rings. The van der Waals surface area contributed by atoms with Gasteiger partial charge in [-0.15, -0.1) is 0 Å². The molecule has 8 heteroatoms. The summed E-state index contributed by atoms with van der Waals surface area (Å²) in [7, 11) is -3.84. The number of hydrogen-bond donors (Lipinski definition) is 0. The van der Waals surface area contributed by atoms with E-state index in [1.54, 1.807) is 24.3 Å². The van der Waals surface area contributed by atoms with E-state index in [2.05, 4.69) is 0 Å². The van der Waals surface area contributed by atoms with Crippen molar-refractivity contribution in [3.8, 4) is 0 Å². The molecule has 0 bridgehead atoms. The Kier molecular flexibility index (Phi) is 5.97. The molecule has 0 aliphatic carbocycles. The van der Waals surface area contributed by atoms with Gasteiger partial charge in [-0.1, -0.05) is 53.5 Å². The highest BCUT2D eigenvalue weighted by molar-refractivity contribution is 7.92. The molecule has 1 aliphatic heterocycles. The molecule has 3 aromatic rings. The second-order valence-electron chi connectivity index (χ2n) is 7.34. The third-order valence-electron chi connectivity index (χ3n) is 5.13. The Balaban J connectivity index is 1.56. The maximum Gasteiger partial charge on any atom is 0.338 e. The molecule has 1 unspecified atom stereocenters. The van der Waals surface area contributed by atoms with Crippen LogP contribution in [0.3, 0.4) is 0 Å². The lowest BCUT2D eigenvalue weighted by Gasteiger charge is -2.24. The summed E-state index contributed by atoms with van der Waals surface area (Å²) in [6, 6.07) is 18.1. The molecule has 31 heavy (non-hydrogen) atoms. The van der Waals surface area contributed by atoms with Gasteiger partial charge in [0.05, 0.1) is 26.2 Å². The zero-order valence-corrected chi connectivity index (χ0v) is 18.9. The molecule has 1 atom stereocenters. The lowest BCUT2D eigenvalue weighted by atomic mass is 10.1. The van der Waals surface area contributed by atoms with E-state index in [0.717, 1.165) is 5.56 Å². The predicted octanol–water partition coefficient (Wildman–Crippen LogP) is 5.49. The Morgan fingerprint density at radius 2 is 1.81 bits per heavy atom. The van der Waals surface area contributed by atoms with E-state index >= 15 is 0 Å². The van der Waals surface area contributed by atoms with Crippen LogP contribution in [-0.4, -0.2) is 20.4 Å². The van der Waals surface area contributed by atoms with Crippen LogP contribution >= 0.6 is 23.2 Å². The maximum atomic E-state index is 13.4. The molecule has 0 spiro atoms. The molecule has 1 heterocycles. The summed E-state index contributed by atoms with van der Waals surface area (Å²) in [6.45, 7) is 1.86. The zero-order valence-electron chi connectivity index (χ0n) is 16.6. The number of carbonyl (C=O) groups excluding carboxylic acids is 1. The molecule has 4 rings (SSSR count). The predicted molar refractivity (Wildman–Crippen MR) is 121 cm³/mol. The first-order valence-corrected chi connectivity index (χ1v) is 11.8. The van der Waals surface area contributed by atoms with Crippen molar-refractivity contribution in [2.75, 3.05) is 4.31 Å². The minimum absolute atomic E-state index is 0.0107. The lowest BCUT2D eigenvalue weighted by molar-refractivity contribution is 0.0472. The highest BCUT2D eigenvalue weighted by Gasteiger charge is 2.36. The van der Waals surface area contributed by atoms with E-state index in [4.69, 9.17) is 27.9 Å². The largest absolute Gasteiger partial charge is 0.457 e. The van der Waals surface area contributed by atoms with Gasteiger partial charge in [0, 0.05) is 6.04 Å². The van der Waals surface area contributed by atoms with Crippen LogP contribution in [0.4, 0.5) is 5.69 Å². The molecule has 160 valence electrons. The standard InChI is InChI=1S/C23H19Cl2NO4S/c1-15-11-17-5-2-3-8-22(17)26(15)31(28,29)19-7-4-6-18(13-19)23(27)30-14-16-9-10-20(24)21(25)12-16/h2-10,12-13,15H,11,14H2,1H3. The van der Waals surface area contributed by atoms with E-state index in [1.165, 1.54) is 28.6 Å². The van der Waals surface area contributed by atoms with Gasteiger partial charge in [0.2, 0.25) is 0 Å². The summed E-state index contributed by atoms with van der Waals surface area (Å²) in [5.41, 5.74) is 2.48. The molecular formula is C23H19Cl2NO4S. The van der Waals surface area contributed by atoms with E-state index in [-0.39, 0.29) is 23.1 Å². The first-order valence-electron chi connectivity index (χ1n) is 9.61. The average molecular weight is 476 g/mol. The summed E-state index contributed by atoms with van der Waals surface area (Å²) in [5, 5.41) is 0.774. The average Bonchev–Trinajstić information content (AvgIpc) is 3.10. The number of benzene rings is 3. The van der Waals surface area contributed by atoms with Crippen LogP contribution in [0.25, 0.3) is 0 Å². The van der Waals surface area contributed by atoms with Crippen molar-refractivity contribution in [2.24, 2.45) is 0 Å². The fourth-order valence-electron chi connectivity index (χ4n) is 3.66.